The van der Waals surface area contributed by atoms with Gasteiger partial charge in [0.15, 0.2) is 6.10 Å². The van der Waals surface area contributed by atoms with Crippen LogP contribution in [-0.2, 0) is 26.5 Å². The van der Waals surface area contributed by atoms with Gasteiger partial charge in [0.05, 0.1) is 6.54 Å². The van der Waals surface area contributed by atoms with Gasteiger partial charge < -0.3 is 19.5 Å². The predicted molar refractivity (Wildman–Crippen MR) is 110 cm³/mol. The summed E-state index contributed by atoms with van der Waals surface area (Å²) in [4.78, 5) is 31.7. The topological polar surface area (TPSA) is 76.5 Å². The number of imidazole rings is 1. The first kappa shape index (κ1) is 19.9. The van der Waals surface area contributed by atoms with Gasteiger partial charge in [0.2, 0.25) is 5.91 Å². The number of nitrogens with zero attached hydrogens (tertiary/aromatic N) is 3. The third kappa shape index (κ3) is 3.89. The van der Waals surface area contributed by atoms with Crippen LogP contribution in [0, 0.1) is 5.92 Å². The number of nitrogens with one attached hydrogen (secondary N) is 1. The number of anilines is 1. The summed E-state index contributed by atoms with van der Waals surface area (Å²) >= 11 is 5.92. The van der Waals surface area contributed by atoms with Crippen molar-refractivity contribution >= 4 is 29.1 Å². The van der Waals surface area contributed by atoms with E-state index in [1.165, 1.54) is 0 Å². The summed E-state index contributed by atoms with van der Waals surface area (Å²) in [6, 6.07) is 6.99. The average Bonchev–Trinajstić information content (AvgIpc) is 3.19. The molecule has 0 aliphatic carbocycles. The Morgan fingerprint density at radius 2 is 1.93 bits per heavy atom. The molecule has 3 heterocycles. The van der Waals surface area contributed by atoms with Crippen molar-refractivity contribution in [1.82, 2.24) is 14.5 Å². The molecule has 8 heteroatoms. The number of halogens is 1. The smallest absolute Gasteiger partial charge is 0.255 e. The molecule has 2 aliphatic rings. The van der Waals surface area contributed by atoms with Crippen molar-refractivity contribution in [2.24, 2.45) is 5.92 Å². The Balaban J connectivity index is 1.51. The molecule has 0 bridgehead atoms. The highest BCUT2D eigenvalue weighted by Gasteiger charge is 2.47. The van der Waals surface area contributed by atoms with E-state index in [1.807, 2.05) is 29.5 Å². The van der Waals surface area contributed by atoms with E-state index in [9.17, 15) is 9.59 Å². The predicted octanol–water partition coefficient (Wildman–Crippen LogP) is 3.05. The summed E-state index contributed by atoms with van der Waals surface area (Å²) in [5, 5.41) is 3.52. The van der Waals surface area contributed by atoms with E-state index in [0.29, 0.717) is 43.2 Å². The quantitative estimate of drug-likeness (QED) is 0.834. The monoisotopic (exact) mass is 416 g/mol. The Labute approximate surface area is 175 Å². The molecule has 1 fully saturated rings. The standard InChI is InChI=1S/C21H25ClN4O3/c1-14(2)19(28)25-10-7-21(8-11-25)20-23-9-12-26(20)13-17(29-21)18(27)24-16-5-3-15(22)4-6-16/h3-6,9,12,14,17H,7-8,10-11,13H2,1-2H3,(H,24,27). The lowest BCUT2D eigenvalue weighted by Crippen LogP contribution is -2.54. The van der Waals surface area contributed by atoms with Gasteiger partial charge in [0.25, 0.3) is 5.91 Å². The number of ether oxygens (including phenoxy) is 1. The van der Waals surface area contributed by atoms with Crippen LogP contribution in [0.4, 0.5) is 5.69 Å². The number of piperidine rings is 1. The third-order valence-corrected chi connectivity index (χ3v) is 5.89. The van der Waals surface area contributed by atoms with Crippen LogP contribution in [0.5, 0.6) is 0 Å². The van der Waals surface area contributed by atoms with E-state index in [-0.39, 0.29) is 17.7 Å². The molecule has 29 heavy (non-hydrogen) atoms. The molecule has 0 saturated carbocycles. The van der Waals surface area contributed by atoms with Gasteiger partial charge in [0, 0.05) is 55.0 Å². The molecule has 1 N–H and O–H groups in total. The van der Waals surface area contributed by atoms with Gasteiger partial charge in [0.1, 0.15) is 11.4 Å². The first-order valence-corrected chi connectivity index (χ1v) is 10.3. The fourth-order valence-electron chi connectivity index (χ4n) is 4.08. The van der Waals surface area contributed by atoms with Gasteiger partial charge in [-0.2, -0.15) is 0 Å². The fraction of sp³-hybridized carbons (Fsp3) is 0.476. The Hall–Kier alpha value is -2.38. The molecular formula is C21H25ClN4O3. The normalized spacial score (nSPS) is 20.6. The molecular weight excluding hydrogens is 392 g/mol. The van der Waals surface area contributed by atoms with Gasteiger partial charge >= 0.3 is 0 Å². The summed E-state index contributed by atoms with van der Waals surface area (Å²) in [7, 11) is 0. The first-order valence-electron chi connectivity index (χ1n) is 9.93. The maximum absolute atomic E-state index is 12.9. The van der Waals surface area contributed by atoms with Crippen LogP contribution in [0.2, 0.25) is 5.02 Å². The van der Waals surface area contributed by atoms with Gasteiger partial charge in [-0.3, -0.25) is 9.59 Å². The maximum Gasteiger partial charge on any atom is 0.255 e. The zero-order valence-corrected chi connectivity index (χ0v) is 17.4. The van der Waals surface area contributed by atoms with Crippen LogP contribution >= 0.6 is 11.6 Å². The highest BCUT2D eigenvalue weighted by Crippen LogP contribution is 2.40. The van der Waals surface area contributed by atoms with Gasteiger partial charge in [-0.15, -0.1) is 0 Å². The van der Waals surface area contributed by atoms with Crippen LogP contribution in [0.1, 0.15) is 32.5 Å². The Morgan fingerprint density at radius 3 is 2.59 bits per heavy atom. The molecule has 1 atom stereocenters. The van der Waals surface area contributed by atoms with E-state index in [0.717, 1.165) is 5.82 Å². The van der Waals surface area contributed by atoms with Crippen molar-refractivity contribution in [1.29, 1.82) is 0 Å². The minimum Gasteiger partial charge on any atom is -0.352 e. The van der Waals surface area contributed by atoms with Crippen LogP contribution in [0.3, 0.4) is 0 Å². The highest BCUT2D eigenvalue weighted by molar-refractivity contribution is 6.30. The Morgan fingerprint density at radius 1 is 1.24 bits per heavy atom. The van der Waals surface area contributed by atoms with Crippen molar-refractivity contribution in [3.8, 4) is 0 Å². The molecule has 1 unspecified atom stereocenters. The van der Waals surface area contributed by atoms with Crippen LogP contribution < -0.4 is 5.32 Å². The molecule has 1 saturated heterocycles. The second-order valence-electron chi connectivity index (χ2n) is 7.98. The minimum absolute atomic E-state index is 0.0313. The number of amides is 2. The molecule has 1 spiro atoms. The molecule has 2 aromatic rings. The molecule has 7 nitrogen and oxygen atoms in total. The molecule has 154 valence electrons. The maximum atomic E-state index is 12.9. The number of carbonyl (C=O) groups is 2. The van der Waals surface area contributed by atoms with Gasteiger partial charge in [-0.05, 0) is 24.3 Å². The zero-order valence-electron chi connectivity index (χ0n) is 16.6. The van der Waals surface area contributed by atoms with E-state index in [4.69, 9.17) is 16.3 Å². The minimum atomic E-state index is -0.655. The van der Waals surface area contributed by atoms with Crippen molar-refractivity contribution in [3.63, 3.8) is 0 Å². The van der Waals surface area contributed by atoms with Crippen molar-refractivity contribution in [2.75, 3.05) is 18.4 Å². The average molecular weight is 417 g/mol. The lowest BCUT2D eigenvalue weighted by molar-refractivity contribution is -0.173. The molecule has 4 rings (SSSR count). The molecule has 1 aromatic carbocycles. The number of hydrogen-bond acceptors (Lipinski definition) is 4. The Bertz CT molecular complexity index is 901. The first-order chi connectivity index (χ1) is 13.9. The van der Waals surface area contributed by atoms with E-state index < -0.39 is 11.7 Å². The SMILES string of the molecule is CC(C)C(=O)N1CCC2(CC1)OC(C(=O)Nc1ccc(Cl)cc1)Cn1ccnc12. The molecule has 2 aliphatic heterocycles. The lowest BCUT2D eigenvalue weighted by Gasteiger charge is -2.45. The van der Waals surface area contributed by atoms with E-state index >= 15 is 0 Å². The Kier molecular flexibility index (Phi) is 5.36. The summed E-state index contributed by atoms with van der Waals surface area (Å²) in [5.41, 5.74) is 0.0168. The number of rotatable bonds is 3. The second-order valence-corrected chi connectivity index (χ2v) is 8.42. The second kappa shape index (κ2) is 7.80. The van der Waals surface area contributed by atoms with Crippen molar-refractivity contribution in [2.45, 2.75) is 44.9 Å². The van der Waals surface area contributed by atoms with Crippen LogP contribution in [0.25, 0.3) is 0 Å². The van der Waals surface area contributed by atoms with Crippen LogP contribution in [0.15, 0.2) is 36.7 Å². The van der Waals surface area contributed by atoms with Crippen LogP contribution in [-0.4, -0.2) is 45.5 Å². The molecule has 0 radical (unpaired) electrons. The van der Waals surface area contributed by atoms with Gasteiger partial charge in [-0.25, -0.2) is 4.98 Å². The summed E-state index contributed by atoms with van der Waals surface area (Å²) in [6.07, 6.45) is 4.22. The summed E-state index contributed by atoms with van der Waals surface area (Å²) < 4.78 is 8.38. The number of benzene rings is 1. The zero-order chi connectivity index (χ0) is 20.6. The van der Waals surface area contributed by atoms with Crippen molar-refractivity contribution in [3.05, 3.63) is 47.5 Å². The molecule has 2 amide bonds. The highest BCUT2D eigenvalue weighted by atomic mass is 35.5. The largest absolute Gasteiger partial charge is 0.352 e. The van der Waals surface area contributed by atoms with E-state index in [1.54, 1.807) is 30.5 Å². The third-order valence-electron chi connectivity index (χ3n) is 5.63. The van der Waals surface area contributed by atoms with Crippen molar-refractivity contribution < 1.29 is 14.3 Å². The van der Waals surface area contributed by atoms with Gasteiger partial charge in [-0.1, -0.05) is 25.4 Å². The summed E-state index contributed by atoms with van der Waals surface area (Å²) in [6.45, 7) is 5.41. The number of hydrogen-bond donors (Lipinski definition) is 1. The fourth-order valence-corrected chi connectivity index (χ4v) is 4.21. The summed E-state index contributed by atoms with van der Waals surface area (Å²) in [5.74, 6) is 0.753. The van der Waals surface area contributed by atoms with E-state index in [2.05, 4.69) is 10.3 Å². The number of likely N-dealkylation sites (tertiary alicyclic amines) is 1. The number of carbonyl (C=O) groups excluding carboxylic acids is 2. The molecule has 1 aromatic heterocycles. The number of aromatic nitrogens is 2. The number of fused-ring (bicyclic) bond motifs is 2. The lowest BCUT2D eigenvalue weighted by atomic mass is 9.88.